The van der Waals surface area contributed by atoms with Crippen LogP contribution in [0.25, 0.3) is 0 Å². The molecule has 0 spiro atoms. The van der Waals surface area contributed by atoms with Gasteiger partial charge in [-0.15, -0.1) is 23.5 Å². The third-order valence-electron chi connectivity index (χ3n) is 34.4. The Morgan fingerprint density at radius 2 is 0.625 bits per heavy atom. The van der Waals surface area contributed by atoms with Gasteiger partial charge in [0.2, 0.25) is 0 Å². The van der Waals surface area contributed by atoms with Crippen LogP contribution in [0.3, 0.4) is 0 Å². The number of thioether (sulfide) groups is 2. The molecule has 0 bridgehead atoms. The summed E-state index contributed by atoms with van der Waals surface area (Å²) in [6, 6.07) is 22.2. The van der Waals surface area contributed by atoms with Gasteiger partial charge in [0, 0.05) is 77.3 Å². The fourth-order valence-corrected chi connectivity index (χ4v) is 32.1. The van der Waals surface area contributed by atoms with Crippen LogP contribution in [-0.2, 0) is 110 Å². The van der Waals surface area contributed by atoms with Crippen molar-refractivity contribution in [3.63, 3.8) is 0 Å². The summed E-state index contributed by atoms with van der Waals surface area (Å²) < 4.78 is 166. The van der Waals surface area contributed by atoms with E-state index in [4.69, 9.17) is 61.6 Å². The van der Waals surface area contributed by atoms with Gasteiger partial charge >= 0.3 is 0 Å². The Kier molecular flexibility index (Phi) is 48.4. The first-order valence-corrected chi connectivity index (χ1v) is 63.2. The van der Waals surface area contributed by atoms with Crippen molar-refractivity contribution < 1.29 is 86.8 Å². The second kappa shape index (κ2) is 57.9. The van der Waals surface area contributed by atoms with Crippen molar-refractivity contribution in [2.24, 2.45) is 71.0 Å². The average Bonchev–Trinajstić information content (AvgIpc) is 1.64. The van der Waals surface area contributed by atoms with Gasteiger partial charge in [-0.3, -0.25) is 0 Å². The molecule has 10 heterocycles. The highest BCUT2D eigenvalue weighted by Gasteiger charge is 2.51. The first-order valence-electron chi connectivity index (χ1n) is 56.2. The number of rotatable bonds is 51. The molecule has 0 amide bonds. The minimum absolute atomic E-state index is 0.0310. The molecule has 13 rings (SSSR count). The molecule has 144 heavy (non-hydrogen) atoms. The summed E-state index contributed by atoms with van der Waals surface area (Å²) in [7, 11) is -7.12. The van der Waals surface area contributed by atoms with Crippen LogP contribution in [0.15, 0.2) is 160 Å². The van der Waals surface area contributed by atoms with Crippen LogP contribution in [0, 0.1) is 71.0 Å². The molecule has 0 aromatic heterocycles. The zero-order chi connectivity index (χ0) is 104. The van der Waals surface area contributed by atoms with E-state index in [1.54, 1.807) is 50.6 Å². The van der Waals surface area contributed by atoms with Crippen molar-refractivity contribution in [2.45, 2.75) is 458 Å². The SMILES string of the molecule is C=C1C[C@H](CCC(OC)OC)O[C@H]1CC[C@H]1C[C@H](C)C(=C)[C@@H](C[C@@H]2O[C@H](C[C@H](C)CC)[C@H](C)[C@H]2CS(=O)(=O)c2ccc(CC)cc2)O1.C=C1C[C@H](CCC(OCC)OCC)O[C@H]1CC[C@H]1C[C@H](C)C(=C)[C@@H](C[C@@H]2O[C@H](C[C@H](C)CC)[C@H](C)[C@H]2CS(=O)(=O)c2ccc(CC)cc2)O1.C=C1C[C@H](CCC2SCCCS2)O[C@H]1CC[C@H]1C[C@H](C)C(=C)[C@@H](C[C@@H]2O[C@H](C[C@H](C)CC)[C@H](C)[C@H]2CS(=O)(=O)c2ccc(CC)cc2)O1. The fraction of sp³-hybridized carbons (Fsp3) is 0.750. The Morgan fingerprint density at radius 1 is 0.347 bits per heavy atom. The topological polar surface area (TPSA) is 222 Å². The molecular weight excluding hydrogens is 1910 g/mol. The van der Waals surface area contributed by atoms with Crippen molar-refractivity contribution in [2.75, 3.05) is 56.2 Å². The molecule has 10 aliphatic rings. The predicted octanol–water partition coefficient (Wildman–Crippen LogP) is 26.7. The molecule has 0 unspecified atom stereocenters. The summed E-state index contributed by atoms with van der Waals surface area (Å²) in [5.74, 6) is 5.44. The van der Waals surface area contributed by atoms with Gasteiger partial charge in [0.05, 0.1) is 146 Å². The number of hydrogen-bond donors (Lipinski definition) is 0. The number of benzene rings is 3. The van der Waals surface area contributed by atoms with E-state index in [1.165, 1.54) is 29.9 Å². The smallest absolute Gasteiger partial charge is 0.178 e. The fourth-order valence-electron chi connectivity index (χ4n) is 23.9. The largest absolute Gasteiger partial charge is 0.374 e. The number of ether oxygens (including phenoxy) is 13. The standard InChI is InChI=1S/C41H66O7S.C40H62O5S3.C39H62O7S/c1-10-27(5)22-38-31(9)36(26-49(42,43)35-18-14-32(11-2)15-19-35)40(48-38)25-39-30(8)28(6)23-33(47-39)16-20-37-29(7)24-34(46-37)17-21-41(44-12-3)45-13-4;1-8-26(3)21-37-30(7)35(25-48(41,42)34-15-11-31(9-2)12-16-34)39(45-37)24-38-29(6)27(4)22-32(44-38)13-17-36-28(5)23-33(43-36)14-18-40-46-19-10-20-47-40;1-10-25(3)20-36-29(7)34(24-47(40,41)33-16-12-30(11-2)13-17-33)38(46-36)23-37-28(6)26(4)21-31(45-37)14-18-35-27(5)22-32(44-35)15-19-39(42-8)43-9/h14-15,18-19,27-28,31,33-34,36-41H,7-8,10-13,16-17,20-26H2,1-6,9H3;11-12,15-16,26-27,30,32-33,35-40H,5-6,8-10,13-14,17-25H2,1-4,7H3;12-13,16-17,25-26,29,31-32,34-39H,5-6,10-11,14-15,18-24H2,1-4,7-9H3/t27-,28+,31-,33+,34+,36-,37+,38-,39-,40+;26-,27+,30-,32+,33+,35-,36+,37-,38-,39+;25-,26+,29-,31+,32+,34-,35+,36-,37-,38+/m111/s1. The van der Waals surface area contributed by atoms with E-state index < -0.39 is 29.5 Å². The predicted molar refractivity (Wildman–Crippen MR) is 589 cm³/mol. The molecule has 0 N–H and O–H groups in total. The first kappa shape index (κ1) is 120. The van der Waals surface area contributed by atoms with E-state index in [2.05, 4.69) is 167 Å². The summed E-state index contributed by atoms with van der Waals surface area (Å²) in [4.78, 5) is 1.20. The molecule has 30 atom stereocenters. The molecule has 10 fully saturated rings. The lowest BCUT2D eigenvalue weighted by Gasteiger charge is -2.38. The Hall–Kier alpha value is -3.87. The maximum Gasteiger partial charge on any atom is 0.178 e. The Bertz CT molecular complexity index is 4800. The number of hydrogen-bond acceptors (Lipinski definition) is 21. The summed E-state index contributed by atoms with van der Waals surface area (Å²) in [5, 5.41) is 0. The maximum absolute atomic E-state index is 13.8. The van der Waals surface area contributed by atoms with Crippen molar-refractivity contribution in [1.82, 2.24) is 0 Å². The van der Waals surface area contributed by atoms with Gasteiger partial charge in [0.1, 0.15) is 0 Å². The minimum Gasteiger partial charge on any atom is -0.374 e. The van der Waals surface area contributed by atoms with Gasteiger partial charge in [0.25, 0.3) is 0 Å². The third kappa shape index (κ3) is 34.3. The molecule has 0 saturated carbocycles. The van der Waals surface area contributed by atoms with E-state index in [0.29, 0.717) is 88.8 Å². The van der Waals surface area contributed by atoms with Gasteiger partial charge in [-0.25, -0.2) is 25.3 Å². The zero-order valence-corrected chi connectivity index (χ0v) is 96.0. The van der Waals surface area contributed by atoms with E-state index in [-0.39, 0.29) is 169 Å². The number of sulfone groups is 3. The summed E-state index contributed by atoms with van der Waals surface area (Å²) >= 11 is 4.24. The van der Waals surface area contributed by atoms with Crippen molar-refractivity contribution in [3.8, 4) is 0 Å². The average molecular weight is 2100 g/mol. The second-order valence-electron chi connectivity index (χ2n) is 44.9. The van der Waals surface area contributed by atoms with Crippen LogP contribution in [0.4, 0.5) is 0 Å². The Morgan fingerprint density at radius 3 is 0.903 bits per heavy atom. The van der Waals surface area contributed by atoms with Crippen molar-refractivity contribution >= 4 is 53.0 Å². The van der Waals surface area contributed by atoms with Gasteiger partial charge in [-0.1, -0.05) is 199 Å². The highest BCUT2D eigenvalue weighted by Crippen LogP contribution is 2.50. The van der Waals surface area contributed by atoms with E-state index in [0.717, 1.165) is 216 Å². The lowest BCUT2D eigenvalue weighted by atomic mass is 9.81. The van der Waals surface area contributed by atoms with E-state index in [1.807, 2.05) is 50.2 Å². The van der Waals surface area contributed by atoms with Crippen LogP contribution >= 0.6 is 23.5 Å². The monoisotopic (exact) mass is 2100 g/mol. The van der Waals surface area contributed by atoms with Crippen molar-refractivity contribution in [1.29, 1.82) is 0 Å². The van der Waals surface area contributed by atoms with Crippen LogP contribution in [0.5, 0.6) is 0 Å². The third-order valence-corrected chi connectivity index (χ3v) is 42.9. The lowest BCUT2D eigenvalue weighted by molar-refractivity contribution is -0.144. The molecular formula is C120H190O19S5. The molecule has 814 valence electrons. The summed E-state index contributed by atoms with van der Waals surface area (Å²) in [5.41, 5.74) is 10.3. The summed E-state index contributed by atoms with van der Waals surface area (Å²) in [6.07, 6.45) is 28.2. The summed E-state index contributed by atoms with van der Waals surface area (Å²) in [6.45, 7) is 64.7. The second-order valence-corrected chi connectivity index (χ2v) is 54.0. The van der Waals surface area contributed by atoms with Crippen LogP contribution in [0.2, 0.25) is 0 Å². The molecule has 10 saturated heterocycles. The minimum atomic E-state index is -3.49. The van der Waals surface area contributed by atoms with E-state index in [9.17, 15) is 25.3 Å². The van der Waals surface area contributed by atoms with Crippen molar-refractivity contribution in [3.05, 3.63) is 162 Å². The van der Waals surface area contributed by atoms with E-state index >= 15 is 0 Å². The maximum atomic E-state index is 13.8. The lowest BCUT2D eigenvalue weighted by Crippen LogP contribution is -2.38. The first-order chi connectivity index (χ1) is 68.7. The number of aryl methyl sites for hydroxylation is 3. The molecule has 0 aliphatic carbocycles. The zero-order valence-electron chi connectivity index (χ0n) is 91.9. The highest BCUT2D eigenvalue weighted by molar-refractivity contribution is 8.17. The van der Waals surface area contributed by atoms with Gasteiger partial charge in [-0.2, -0.15) is 0 Å². The molecule has 3 aromatic rings. The molecule has 24 heteroatoms. The normalized spacial score (nSPS) is 32.7. The molecule has 3 aromatic carbocycles. The molecule has 0 radical (unpaired) electrons. The van der Waals surface area contributed by atoms with Gasteiger partial charge in [0.15, 0.2) is 42.1 Å². The van der Waals surface area contributed by atoms with Crippen LogP contribution < -0.4 is 0 Å². The Labute approximate surface area is 881 Å². The van der Waals surface area contributed by atoms with Gasteiger partial charge < -0.3 is 61.6 Å². The quantitative estimate of drug-likeness (QED) is 0.0378. The highest BCUT2D eigenvalue weighted by atomic mass is 32.2. The molecule has 10 aliphatic heterocycles. The van der Waals surface area contributed by atoms with Crippen LogP contribution in [0.1, 0.15) is 314 Å². The molecule has 19 nitrogen and oxygen atoms in total. The van der Waals surface area contributed by atoms with Gasteiger partial charge in [-0.05, 0) is 313 Å². The Balaban J connectivity index is 0.000000206. The van der Waals surface area contributed by atoms with Crippen LogP contribution in [-0.4, -0.2) is 208 Å². The number of methoxy groups -OCH3 is 2.